The minimum absolute atomic E-state index is 0.195. The lowest BCUT2D eigenvalue weighted by molar-refractivity contribution is 0.580. The first-order valence-corrected chi connectivity index (χ1v) is 5.73. The molecule has 16 heavy (non-hydrogen) atoms. The zero-order valence-electron chi connectivity index (χ0n) is 8.33. The van der Waals surface area contributed by atoms with Crippen molar-refractivity contribution in [2.45, 2.75) is 4.83 Å². The third-order valence-corrected chi connectivity index (χ3v) is 3.33. The fraction of sp³-hybridized carbons (Fsp3) is 0.0769. The first-order valence-electron chi connectivity index (χ1n) is 4.82. The molecule has 0 spiro atoms. The molecular weight excluding hydrogens is 274 g/mol. The molecular formula is C13H9BrF2. The summed E-state index contributed by atoms with van der Waals surface area (Å²) in [4.78, 5) is -0.195. The molecule has 2 rings (SSSR count). The molecule has 2 aromatic carbocycles. The van der Waals surface area contributed by atoms with Crippen molar-refractivity contribution >= 4 is 15.9 Å². The molecule has 0 radical (unpaired) electrons. The van der Waals surface area contributed by atoms with E-state index in [-0.39, 0.29) is 4.83 Å². The maximum absolute atomic E-state index is 13.0. The highest BCUT2D eigenvalue weighted by Gasteiger charge is 2.11. The lowest BCUT2D eigenvalue weighted by Gasteiger charge is -2.10. The predicted molar refractivity (Wildman–Crippen MR) is 63.6 cm³/mol. The minimum atomic E-state index is -0.560. The molecule has 0 fully saturated rings. The Morgan fingerprint density at radius 2 is 1.38 bits per heavy atom. The number of hydrogen-bond donors (Lipinski definition) is 0. The van der Waals surface area contributed by atoms with Gasteiger partial charge in [-0.05, 0) is 23.3 Å². The van der Waals surface area contributed by atoms with Gasteiger partial charge >= 0.3 is 0 Å². The van der Waals surface area contributed by atoms with Crippen LogP contribution in [-0.4, -0.2) is 0 Å². The second kappa shape index (κ2) is 4.74. The van der Waals surface area contributed by atoms with Crippen LogP contribution in [0.1, 0.15) is 16.0 Å². The normalized spacial score (nSPS) is 12.4. The lowest BCUT2D eigenvalue weighted by Crippen LogP contribution is -1.94. The molecule has 0 amide bonds. The average molecular weight is 283 g/mol. The summed E-state index contributed by atoms with van der Waals surface area (Å²) in [6.45, 7) is 0. The molecule has 1 unspecified atom stereocenters. The van der Waals surface area contributed by atoms with Crippen molar-refractivity contribution in [3.05, 3.63) is 71.3 Å². The van der Waals surface area contributed by atoms with E-state index in [4.69, 9.17) is 0 Å². The van der Waals surface area contributed by atoms with Gasteiger partial charge < -0.3 is 0 Å². The first-order chi connectivity index (χ1) is 7.66. The Morgan fingerprint density at radius 1 is 0.812 bits per heavy atom. The van der Waals surface area contributed by atoms with Gasteiger partial charge in [-0.1, -0.05) is 46.3 Å². The summed E-state index contributed by atoms with van der Waals surface area (Å²) >= 11 is 3.43. The molecule has 0 bridgehead atoms. The number of hydrogen-bond acceptors (Lipinski definition) is 0. The maximum atomic E-state index is 13.0. The fourth-order valence-electron chi connectivity index (χ4n) is 1.54. The van der Waals surface area contributed by atoms with Gasteiger partial charge in [-0.2, -0.15) is 0 Å². The maximum Gasteiger partial charge on any atom is 0.126 e. The summed E-state index contributed by atoms with van der Waals surface area (Å²) in [5, 5.41) is 0. The van der Waals surface area contributed by atoms with Gasteiger partial charge in [-0.25, -0.2) is 8.78 Å². The highest BCUT2D eigenvalue weighted by Crippen LogP contribution is 2.31. The van der Waals surface area contributed by atoms with Gasteiger partial charge in [-0.15, -0.1) is 0 Å². The fourth-order valence-corrected chi connectivity index (χ4v) is 2.11. The summed E-state index contributed by atoms with van der Waals surface area (Å²) in [5.41, 5.74) is 1.54. The van der Waals surface area contributed by atoms with Crippen molar-refractivity contribution in [1.29, 1.82) is 0 Å². The van der Waals surface area contributed by atoms with Crippen LogP contribution >= 0.6 is 15.9 Å². The van der Waals surface area contributed by atoms with E-state index in [1.54, 1.807) is 0 Å². The number of benzene rings is 2. The van der Waals surface area contributed by atoms with Gasteiger partial charge in [-0.3, -0.25) is 0 Å². The molecule has 0 aliphatic heterocycles. The average Bonchev–Trinajstić information content (AvgIpc) is 2.28. The van der Waals surface area contributed by atoms with Crippen LogP contribution in [0, 0.1) is 11.6 Å². The molecule has 2 aromatic rings. The van der Waals surface area contributed by atoms with Crippen LogP contribution in [0.15, 0.2) is 48.5 Å². The van der Waals surface area contributed by atoms with E-state index in [1.165, 1.54) is 12.1 Å². The van der Waals surface area contributed by atoms with Gasteiger partial charge in [0.15, 0.2) is 0 Å². The molecule has 0 saturated heterocycles. The number of halogens is 3. The Morgan fingerprint density at radius 3 is 1.94 bits per heavy atom. The van der Waals surface area contributed by atoms with Crippen LogP contribution in [0.3, 0.4) is 0 Å². The van der Waals surface area contributed by atoms with Crippen LogP contribution in [-0.2, 0) is 0 Å². The van der Waals surface area contributed by atoms with Crippen LogP contribution in [0.4, 0.5) is 8.78 Å². The van der Waals surface area contributed by atoms with Gasteiger partial charge in [0.2, 0.25) is 0 Å². The number of rotatable bonds is 2. The summed E-state index contributed by atoms with van der Waals surface area (Å²) in [6, 6.07) is 13.0. The first kappa shape index (κ1) is 11.3. The summed E-state index contributed by atoms with van der Waals surface area (Å²) < 4.78 is 26.1. The number of alkyl halides is 1. The topological polar surface area (TPSA) is 0 Å². The Bertz CT molecular complexity index is 462. The van der Waals surface area contributed by atoms with Crippen LogP contribution in [0.25, 0.3) is 0 Å². The highest BCUT2D eigenvalue weighted by atomic mass is 79.9. The summed E-state index contributed by atoms with van der Waals surface area (Å²) in [5.74, 6) is -1.12. The van der Waals surface area contributed by atoms with Crippen molar-refractivity contribution in [1.82, 2.24) is 0 Å². The van der Waals surface area contributed by atoms with Crippen molar-refractivity contribution in [2.24, 2.45) is 0 Å². The van der Waals surface area contributed by atoms with Gasteiger partial charge in [0.25, 0.3) is 0 Å². The zero-order chi connectivity index (χ0) is 11.5. The predicted octanol–water partition coefficient (Wildman–Crippen LogP) is 4.45. The third-order valence-electron chi connectivity index (χ3n) is 2.27. The van der Waals surface area contributed by atoms with E-state index in [9.17, 15) is 8.78 Å². The Hall–Kier alpha value is -1.22. The summed E-state index contributed by atoms with van der Waals surface area (Å²) in [7, 11) is 0. The molecule has 0 nitrogen and oxygen atoms in total. The van der Waals surface area contributed by atoms with E-state index in [1.807, 2.05) is 30.3 Å². The summed E-state index contributed by atoms with van der Waals surface area (Å²) in [6.07, 6.45) is 0. The molecule has 0 aliphatic carbocycles. The molecule has 1 atom stereocenters. The molecule has 0 aliphatic rings. The smallest absolute Gasteiger partial charge is 0.126 e. The molecule has 82 valence electrons. The monoisotopic (exact) mass is 282 g/mol. The van der Waals surface area contributed by atoms with E-state index in [0.717, 1.165) is 11.6 Å². The quantitative estimate of drug-likeness (QED) is 0.714. The van der Waals surface area contributed by atoms with Gasteiger partial charge in [0.1, 0.15) is 11.6 Å². The molecule has 0 saturated carbocycles. The molecule has 3 heteroatoms. The van der Waals surface area contributed by atoms with Gasteiger partial charge in [0.05, 0.1) is 4.83 Å². The minimum Gasteiger partial charge on any atom is -0.207 e. The highest BCUT2D eigenvalue weighted by molar-refractivity contribution is 9.09. The molecule has 0 aromatic heterocycles. The largest absolute Gasteiger partial charge is 0.207 e. The zero-order valence-corrected chi connectivity index (χ0v) is 9.92. The molecule has 0 heterocycles. The van der Waals surface area contributed by atoms with Crippen LogP contribution in [0.2, 0.25) is 0 Å². The molecule has 0 N–H and O–H groups in total. The van der Waals surface area contributed by atoms with Crippen molar-refractivity contribution in [2.75, 3.05) is 0 Å². The van der Waals surface area contributed by atoms with E-state index < -0.39 is 11.6 Å². The van der Waals surface area contributed by atoms with Crippen molar-refractivity contribution in [3.8, 4) is 0 Å². The van der Waals surface area contributed by atoms with E-state index >= 15 is 0 Å². The van der Waals surface area contributed by atoms with E-state index in [0.29, 0.717) is 5.56 Å². The van der Waals surface area contributed by atoms with Crippen molar-refractivity contribution < 1.29 is 8.78 Å². The lowest BCUT2D eigenvalue weighted by atomic mass is 10.0. The Labute approximate surface area is 101 Å². The van der Waals surface area contributed by atoms with Gasteiger partial charge in [0, 0.05) is 6.07 Å². The van der Waals surface area contributed by atoms with Crippen LogP contribution < -0.4 is 0 Å². The Kier molecular flexibility index (Phi) is 3.34. The van der Waals surface area contributed by atoms with Crippen LogP contribution in [0.5, 0.6) is 0 Å². The SMILES string of the molecule is Fc1cc(F)cc(C(Br)c2ccccc2)c1. The second-order valence-corrected chi connectivity index (χ2v) is 4.39. The van der Waals surface area contributed by atoms with E-state index in [2.05, 4.69) is 15.9 Å². The Balaban J connectivity index is 2.37. The second-order valence-electron chi connectivity index (χ2n) is 3.48. The standard InChI is InChI=1S/C13H9BrF2/c14-13(9-4-2-1-3-5-9)10-6-11(15)8-12(16)7-10/h1-8,13H. The third kappa shape index (κ3) is 2.47. The van der Waals surface area contributed by atoms with Crippen molar-refractivity contribution in [3.63, 3.8) is 0 Å².